The Hall–Kier alpha value is -0.570. The van der Waals surface area contributed by atoms with E-state index >= 15 is 0 Å². The maximum absolute atomic E-state index is 11.9. The fourth-order valence-corrected chi connectivity index (χ4v) is 2.53. The lowest BCUT2D eigenvalue weighted by atomic mass is 9.97. The number of likely N-dealkylation sites (tertiary alicyclic amines) is 1. The van der Waals surface area contributed by atoms with Gasteiger partial charge >= 0.3 is 0 Å². The van der Waals surface area contributed by atoms with Crippen molar-refractivity contribution in [3.8, 4) is 0 Å². The summed E-state index contributed by atoms with van der Waals surface area (Å²) in [4.78, 5) is 18.3. The van der Waals surface area contributed by atoms with Crippen LogP contribution in [0.2, 0.25) is 0 Å². The van der Waals surface area contributed by atoms with Crippen molar-refractivity contribution in [3.05, 3.63) is 0 Å². The van der Waals surface area contributed by atoms with E-state index in [1.165, 1.54) is 0 Å². The second-order valence-corrected chi connectivity index (χ2v) is 6.72. The molecule has 0 aromatic carbocycles. The van der Waals surface area contributed by atoms with Crippen LogP contribution in [0.4, 0.5) is 0 Å². The minimum absolute atomic E-state index is 0. The lowest BCUT2D eigenvalue weighted by Crippen LogP contribution is -2.48. The summed E-state index contributed by atoms with van der Waals surface area (Å²) in [7, 11) is 3.64. The summed E-state index contributed by atoms with van der Waals surface area (Å²) in [6.07, 6.45) is 2.24. The molecule has 0 bridgehead atoms. The lowest BCUT2D eigenvalue weighted by molar-refractivity contribution is -0.124. The molecule has 1 heterocycles. The first kappa shape index (κ1) is 21.4. The minimum Gasteiger partial charge on any atom is -0.359 e. The number of amides is 1. The molecule has 6 nitrogen and oxygen atoms in total. The van der Waals surface area contributed by atoms with E-state index in [2.05, 4.69) is 25.8 Å². The minimum atomic E-state index is -0.150. The Kier molecular flexibility index (Phi) is 9.99. The molecule has 3 N–H and O–H groups in total. The molecule has 1 saturated heterocycles. The smallest absolute Gasteiger partial charge is 0.234 e. The van der Waals surface area contributed by atoms with E-state index in [-0.39, 0.29) is 35.4 Å². The monoisotopic (exact) mass is 425 g/mol. The highest BCUT2D eigenvalue weighted by Crippen LogP contribution is 2.16. The Balaban J connectivity index is 0.00000441. The molecule has 0 radical (unpaired) electrons. The SMILES string of the molecule is CN=C(NC)NCC1CCN(CC(=O)NC(C)(C)C)CC1.I. The van der Waals surface area contributed by atoms with Crippen molar-refractivity contribution in [2.45, 2.75) is 39.2 Å². The van der Waals surface area contributed by atoms with Crippen LogP contribution < -0.4 is 16.0 Å². The van der Waals surface area contributed by atoms with Crippen LogP contribution in [-0.4, -0.2) is 62.6 Å². The van der Waals surface area contributed by atoms with Crippen molar-refractivity contribution in [1.29, 1.82) is 0 Å². The van der Waals surface area contributed by atoms with Crippen LogP contribution in [0.1, 0.15) is 33.6 Å². The Labute approximate surface area is 151 Å². The molecule has 1 fully saturated rings. The number of nitrogens with one attached hydrogen (secondary N) is 3. The van der Waals surface area contributed by atoms with Crippen molar-refractivity contribution < 1.29 is 4.79 Å². The van der Waals surface area contributed by atoms with E-state index in [1.807, 2.05) is 27.8 Å². The summed E-state index contributed by atoms with van der Waals surface area (Å²) in [6.45, 7) is 9.46. The van der Waals surface area contributed by atoms with Crippen molar-refractivity contribution in [2.75, 3.05) is 40.3 Å². The van der Waals surface area contributed by atoms with E-state index in [0.29, 0.717) is 12.5 Å². The first-order valence-corrected chi connectivity index (χ1v) is 7.76. The van der Waals surface area contributed by atoms with Crippen LogP contribution in [0, 0.1) is 5.92 Å². The molecular formula is C15H32IN5O. The number of nitrogens with zero attached hydrogens (tertiary/aromatic N) is 2. The van der Waals surface area contributed by atoms with Gasteiger partial charge in [0.1, 0.15) is 0 Å². The molecular weight excluding hydrogens is 393 g/mol. The molecule has 1 amide bonds. The standard InChI is InChI=1S/C15H31N5O.HI/c1-15(2,3)19-13(21)11-20-8-6-12(7-9-20)10-18-14(16-4)17-5;/h12H,6-11H2,1-5H3,(H,19,21)(H2,16,17,18);1H. The fourth-order valence-electron chi connectivity index (χ4n) is 2.53. The van der Waals surface area contributed by atoms with Crippen LogP contribution in [0.25, 0.3) is 0 Å². The largest absolute Gasteiger partial charge is 0.359 e. The summed E-state index contributed by atoms with van der Waals surface area (Å²) in [5.74, 6) is 1.61. The summed E-state index contributed by atoms with van der Waals surface area (Å²) in [5.41, 5.74) is -0.150. The van der Waals surface area contributed by atoms with E-state index in [4.69, 9.17) is 0 Å². The molecule has 0 aliphatic carbocycles. The zero-order valence-electron chi connectivity index (χ0n) is 14.5. The molecule has 0 atom stereocenters. The molecule has 130 valence electrons. The van der Waals surface area contributed by atoms with E-state index in [1.54, 1.807) is 7.05 Å². The van der Waals surface area contributed by atoms with E-state index < -0.39 is 0 Å². The predicted molar refractivity (Wildman–Crippen MR) is 103 cm³/mol. The number of piperidine rings is 1. The molecule has 0 spiro atoms. The molecule has 0 aromatic rings. The van der Waals surface area contributed by atoms with E-state index in [9.17, 15) is 4.79 Å². The van der Waals surface area contributed by atoms with Gasteiger partial charge < -0.3 is 16.0 Å². The van der Waals surface area contributed by atoms with Gasteiger partial charge in [0.15, 0.2) is 5.96 Å². The maximum Gasteiger partial charge on any atom is 0.234 e. The summed E-state index contributed by atoms with van der Waals surface area (Å²) in [5, 5.41) is 9.36. The summed E-state index contributed by atoms with van der Waals surface area (Å²) < 4.78 is 0. The van der Waals surface area contributed by atoms with Gasteiger partial charge in [-0.25, -0.2) is 0 Å². The Morgan fingerprint density at radius 2 is 1.86 bits per heavy atom. The normalized spacial score (nSPS) is 17.6. The van der Waals surface area contributed by atoms with Crippen LogP contribution >= 0.6 is 24.0 Å². The molecule has 0 aromatic heterocycles. The van der Waals surface area contributed by atoms with Gasteiger partial charge in [-0.05, 0) is 52.6 Å². The van der Waals surface area contributed by atoms with Crippen molar-refractivity contribution in [2.24, 2.45) is 10.9 Å². The second kappa shape index (κ2) is 10.3. The third-order valence-electron chi connectivity index (χ3n) is 3.61. The number of rotatable bonds is 4. The van der Waals surface area contributed by atoms with Crippen molar-refractivity contribution >= 4 is 35.8 Å². The quantitative estimate of drug-likeness (QED) is 0.358. The average Bonchev–Trinajstić information content (AvgIpc) is 2.39. The maximum atomic E-state index is 11.9. The number of hydrogen-bond donors (Lipinski definition) is 3. The number of halogens is 1. The van der Waals surface area contributed by atoms with Gasteiger partial charge in [0.25, 0.3) is 0 Å². The highest BCUT2D eigenvalue weighted by Gasteiger charge is 2.22. The molecule has 1 aliphatic heterocycles. The highest BCUT2D eigenvalue weighted by atomic mass is 127. The first-order valence-electron chi connectivity index (χ1n) is 7.76. The van der Waals surface area contributed by atoms with Gasteiger partial charge in [-0.2, -0.15) is 0 Å². The molecule has 0 saturated carbocycles. The Bertz CT molecular complexity index is 359. The van der Waals surface area contributed by atoms with Crippen molar-refractivity contribution in [1.82, 2.24) is 20.9 Å². The zero-order valence-corrected chi connectivity index (χ0v) is 16.9. The molecule has 1 aliphatic rings. The number of guanidine groups is 1. The van der Waals surface area contributed by atoms with Gasteiger partial charge in [-0.15, -0.1) is 24.0 Å². The third kappa shape index (κ3) is 8.77. The highest BCUT2D eigenvalue weighted by molar-refractivity contribution is 14.0. The van der Waals surface area contributed by atoms with Crippen LogP contribution in [-0.2, 0) is 4.79 Å². The van der Waals surface area contributed by atoms with Gasteiger partial charge in [-0.1, -0.05) is 0 Å². The fraction of sp³-hybridized carbons (Fsp3) is 0.867. The van der Waals surface area contributed by atoms with Crippen LogP contribution in [0.3, 0.4) is 0 Å². The summed E-state index contributed by atoms with van der Waals surface area (Å²) >= 11 is 0. The third-order valence-corrected chi connectivity index (χ3v) is 3.61. The molecule has 1 rings (SSSR count). The lowest BCUT2D eigenvalue weighted by Gasteiger charge is -2.32. The molecule has 0 unspecified atom stereocenters. The average molecular weight is 425 g/mol. The number of carbonyl (C=O) groups excluding carboxylic acids is 1. The Morgan fingerprint density at radius 1 is 1.27 bits per heavy atom. The van der Waals surface area contributed by atoms with Gasteiger partial charge in [0.2, 0.25) is 5.91 Å². The molecule has 22 heavy (non-hydrogen) atoms. The molecule has 7 heteroatoms. The summed E-state index contributed by atoms with van der Waals surface area (Å²) in [6, 6.07) is 0. The van der Waals surface area contributed by atoms with Gasteiger partial charge in [-0.3, -0.25) is 14.7 Å². The predicted octanol–water partition coefficient (Wildman–Crippen LogP) is 1.03. The van der Waals surface area contributed by atoms with Gasteiger partial charge in [0, 0.05) is 26.2 Å². The Morgan fingerprint density at radius 3 is 2.32 bits per heavy atom. The number of carbonyl (C=O) groups is 1. The first-order chi connectivity index (χ1) is 9.84. The van der Waals surface area contributed by atoms with E-state index in [0.717, 1.165) is 38.4 Å². The zero-order chi connectivity index (χ0) is 15.9. The van der Waals surface area contributed by atoms with Crippen molar-refractivity contribution in [3.63, 3.8) is 0 Å². The second-order valence-electron chi connectivity index (χ2n) is 6.72. The van der Waals surface area contributed by atoms with Crippen LogP contribution in [0.15, 0.2) is 4.99 Å². The van der Waals surface area contributed by atoms with Gasteiger partial charge in [0.05, 0.1) is 6.54 Å². The topological polar surface area (TPSA) is 68.8 Å². The number of aliphatic imine (C=N–C) groups is 1. The number of hydrogen-bond acceptors (Lipinski definition) is 3. The van der Waals surface area contributed by atoms with Crippen LogP contribution in [0.5, 0.6) is 0 Å².